The first-order valence-corrected chi connectivity index (χ1v) is 13.1. The molecule has 0 N–H and O–H groups in total. The molecule has 0 radical (unpaired) electrons. The molecule has 0 fully saturated rings. The predicted octanol–water partition coefficient (Wildman–Crippen LogP) is 10.3. The van der Waals surface area contributed by atoms with E-state index in [4.69, 9.17) is 0 Å². The van der Waals surface area contributed by atoms with E-state index in [-0.39, 0.29) is 5.41 Å². The first-order valence-electron chi connectivity index (χ1n) is 13.1. The molecule has 0 saturated heterocycles. The van der Waals surface area contributed by atoms with Gasteiger partial charge in [0, 0.05) is 5.41 Å². The third-order valence-corrected chi connectivity index (χ3v) is 8.62. The van der Waals surface area contributed by atoms with Gasteiger partial charge in [0.05, 0.1) is 0 Å². The molecule has 0 saturated carbocycles. The Kier molecular flexibility index (Phi) is 4.10. The molecular weight excluding hydrogens is 444 g/mol. The molecule has 0 aliphatic heterocycles. The summed E-state index contributed by atoms with van der Waals surface area (Å²) in [6.45, 7) is 4.72. The predicted molar refractivity (Wildman–Crippen MR) is 159 cm³/mol. The van der Waals surface area contributed by atoms with Crippen molar-refractivity contribution in [3.8, 4) is 22.3 Å². The van der Waals surface area contributed by atoms with Crippen molar-refractivity contribution in [1.82, 2.24) is 0 Å². The van der Waals surface area contributed by atoms with Gasteiger partial charge in [-0.2, -0.15) is 0 Å². The molecule has 174 valence electrons. The largest absolute Gasteiger partial charge is 0.0619 e. The molecule has 37 heavy (non-hydrogen) atoms. The Hall–Kier alpha value is -4.42. The van der Waals surface area contributed by atoms with Crippen LogP contribution in [0, 0.1) is 0 Å². The molecule has 0 bridgehead atoms. The van der Waals surface area contributed by atoms with E-state index in [1.54, 1.807) is 0 Å². The van der Waals surface area contributed by atoms with Crippen molar-refractivity contribution in [2.24, 2.45) is 0 Å². The van der Waals surface area contributed by atoms with Crippen LogP contribution in [-0.2, 0) is 5.41 Å². The zero-order chi connectivity index (χ0) is 24.7. The van der Waals surface area contributed by atoms with Crippen LogP contribution in [0.25, 0.3) is 65.3 Å². The maximum Gasteiger partial charge on any atom is 0.0159 e. The van der Waals surface area contributed by atoms with Gasteiger partial charge in [-0.1, -0.05) is 111 Å². The summed E-state index contributed by atoms with van der Waals surface area (Å²) in [5.41, 5.74) is 8.16. The number of hydrogen-bond acceptors (Lipinski definition) is 0. The van der Waals surface area contributed by atoms with Crippen LogP contribution in [0.15, 0.2) is 121 Å². The van der Waals surface area contributed by atoms with Gasteiger partial charge in [0.15, 0.2) is 0 Å². The molecule has 0 heterocycles. The van der Waals surface area contributed by atoms with E-state index in [0.29, 0.717) is 0 Å². The van der Waals surface area contributed by atoms with Crippen molar-refractivity contribution in [3.63, 3.8) is 0 Å². The van der Waals surface area contributed by atoms with E-state index in [1.165, 1.54) is 76.5 Å². The van der Waals surface area contributed by atoms with Crippen LogP contribution in [0.4, 0.5) is 0 Å². The summed E-state index contributed by atoms with van der Waals surface area (Å²) in [6, 6.07) is 45.2. The average molecular weight is 471 g/mol. The maximum atomic E-state index is 2.47. The molecule has 0 aromatic heterocycles. The van der Waals surface area contributed by atoms with Crippen LogP contribution < -0.4 is 0 Å². The topological polar surface area (TPSA) is 0 Å². The normalized spacial score (nSPS) is 13.9. The summed E-state index contributed by atoms with van der Waals surface area (Å²) >= 11 is 0. The van der Waals surface area contributed by atoms with Gasteiger partial charge in [-0.3, -0.25) is 0 Å². The first kappa shape index (κ1) is 20.7. The minimum absolute atomic E-state index is 0.00552. The Labute approximate surface area is 216 Å². The number of hydrogen-bond donors (Lipinski definition) is 0. The van der Waals surface area contributed by atoms with Crippen LogP contribution in [0.5, 0.6) is 0 Å². The summed E-state index contributed by atoms with van der Waals surface area (Å²) in [5.74, 6) is 0. The molecule has 8 rings (SSSR count). The van der Waals surface area contributed by atoms with Gasteiger partial charge < -0.3 is 0 Å². The van der Waals surface area contributed by atoms with Crippen LogP contribution in [0.3, 0.4) is 0 Å². The molecular formula is C37H26. The lowest BCUT2D eigenvalue weighted by molar-refractivity contribution is 0.661. The molecule has 0 nitrogen and oxygen atoms in total. The number of fused-ring (bicyclic) bond motifs is 9. The average Bonchev–Trinajstić information content (AvgIpc) is 3.17. The molecule has 1 aliphatic carbocycles. The van der Waals surface area contributed by atoms with Crippen LogP contribution in [-0.4, -0.2) is 0 Å². The van der Waals surface area contributed by atoms with Gasteiger partial charge >= 0.3 is 0 Å². The fourth-order valence-electron chi connectivity index (χ4n) is 6.71. The van der Waals surface area contributed by atoms with E-state index in [9.17, 15) is 0 Å². The fourth-order valence-corrected chi connectivity index (χ4v) is 6.71. The van der Waals surface area contributed by atoms with E-state index < -0.39 is 0 Å². The Morgan fingerprint density at radius 2 is 1.00 bits per heavy atom. The van der Waals surface area contributed by atoms with Crippen molar-refractivity contribution < 1.29 is 0 Å². The lowest BCUT2D eigenvalue weighted by atomic mass is 9.81. The summed E-state index contributed by atoms with van der Waals surface area (Å²) in [7, 11) is 0. The first-order chi connectivity index (χ1) is 18.1. The van der Waals surface area contributed by atoms with Crippen molar-refractivity contribution in [2.75, 3.05) is 0 Å². The summed E-state index contributed by atoms with van der Waals surface area (Å²) in [5, 5.41) is 10.5. The number of benzene rings is 7. The van der Waals surface area contributed by atoms with E-state index in [2.05, 4.69) is 135 Å². The zero-order valence-electron chi connectivity index (χ0n) is 21.0. The zero-order valence-corrected chi connectivity index (χ0v) is 21.0. The number of rotatable bonds is 1. The van der Waals surface area contributed by atoms with Gasteiger partial charge in [-0.25, -0.2) is 0 Å². The minimum atomic E-state index is -0.00552. The molecule has 0 amide bonds. The van der Waals surface area contributed by atoms with Crippen LogP contribution in [0.2, 0.25) is 0 Å². The van der Waals surface area contributed by atoms with Gasteiger partial charge in [-0.15, -0.1) is 0 Å². The SMILES string of the molecule is CC1(C)c2ccccc2-c2cc3ccc4ccc(-c5cc6ccccc6c6ccccc56)cc4c3cc21. The van der Waals surface area contributed by atoms with Crippen LogP contribution >= 0.6 is 0 Å². The molecule has 0 atom stereocenters. The third kappa shape index (κ3) is 2.84. The second kappa shape index (κ2) is 7.31. The smallest absolute Gasteiger partial charge is 0.0159 e. The molecule has 0 unspecified atom stereocenters. The van der Waals surface area contributed by atoms with Crippen LogP contribution in [0.1, 0.15) is 25.0 Å². The van der Waals surface area contributed by atoms with E-state index in [0.717, 1.165) is 0 Å². The van der Waals surface area contributed by atoms with Crippen molar-refractivity contribution in [2.45, 2.75) is 19.3 Å². The van der Waals surface area contributed by atoms with Gasteiger partial charge in [0.25, 0.3) is 0 Å². The highest BCUT2D eigenvalue weighted by atomic mass is 14.4. The molecule has 7 aromatic rings. The van der Waals surface area contributed by atoms with E-state index in [1.807, 2.05) is 0 Å². The Morgan fingerprint density at radius 1 is 0.378 bits per heavy atom. The van der Waals surface area contributed by atoms with Gasteiger partial charge in [0.1, 0.15) is 0 Å². The van der Waals surface area contributed by atoms with Gasteiger partial charge in [0.2, 0.25) is 0 Å². The Morgan fingerprint density at radius 3 is 1.89 bits per heavy atom. The summed E-state index contributed by atoms with van der Waals surface area (Å²) in [6.07, 6.45) is 0. The molecule has 0 heteroatoms. The fraction of sp³-hybridized carbons (Fsp3) is 0.0811. The van der Waals surface area contributed by atoms with E-state index >= 15 is 0 Å². The second-order valence-corrected chi connectivity index (χ2v) is 11.0. The summed E-state index contributed by atoms with van der Waals surface area (Å²) < 4.78 is 0. The Balaban J connectivity index is 1.42. The van der Waals surface area contributed by atoms with Crippen molar-refractivity contribution >= 4 is 43.1 Å². The highest BCUT2D eigenvalue weighted by Gasteiger charge is 2.35. The monoisotopic (exact) mass is 470 g/mol. The quantitative estimate of drug-likeness (QED) is 0.209. The summed E-state index contributed by atoms with van der Waals surface area (Å²) in [4.78, 5) is 0. The Bertz CT molecular complexity index is 2060. The lowest BCUT2D eigenvalue weighted by Gasteiger charge is -2.22. The van der Waals surface area contributed by atoms with Crippen molar-refractivity contribution in [3.05, 3.63) is 132 Å². The second-order valence-electron chi connectivity index (χ2n) is 11.0. The highest BCUT2D eigenvalue weighted by molar-refractivity contribution is 6.16. The highest BCUT2D eigenvalue weighted by Crippen LogP contribution is 2.50. The third-order valence-electron chi connectivity index (χ3n) is 8.62. The maximum absolute atomic E-state index is 2.47. The molecule has 1 aliphatic rings. The molecule has 7 aromatic carbocycles. The van der Waals surface area contributed by atoms with Crippen molar-refractivity contribution in [1.29, 1.82) is 0 Å². The van der Waals surface area contributed by atoms with Gasteiger partial charge in [-0.05, 0) is 101 Å². The minimum Gasteiger partial charge on any atom is -0.0619 e. The lowest BCUT2D eigenvalue weighted by Crippen LogP contribution is -2.14. The standard InChI is InChI=1S/C37H26/c1-37(2)35-14-8-7-13-30(35)34-21-26-18-16-23-15-17-25(20-31(23)33(26)22-36(34)37)32-19-24-9-3-4-10-27(24)28-11-5-6-12-29(28)32/h3-22H,1-2H3. The molecule has 0 spiro atoms.